The lowest BCUT2D eigenvalue weighted by Gasteiger charge is -2.25. The van der Waals surface area contributed by atoms with E-state index in [2.05, 4.69) is 6.58 Å². The monoisotopic (exact) mass is 402 g/mol. The summed E-state index contributed by atoms with van der Waals surface area (Å²) in [4.78, 5) is 24.0. The Balaban J connectivity index is 2.13. The van der Waals surface area contributed by atoms with Crippen molar-refractivity contribution >= 4 is 16.9 Å². The lowest BCUT2D eigenvalue weighted by Crippen LogP contribution is -2.24. The minimum absolute atomic E-state index is 0.170. The zero-order valence-corrected chi connectivity index (χ0v) is 15.7. The molecule has 0 amide bonds. The minimum atomic E-state index is -4.61. The van der Waals surface area contributed by atoms with Crippen LogP contribution in [0.4, 0.5) is 13.2 Å². The number of benzene rings is 2. The van der Waals surface area contributed by atoms with Gasteiger partial charge in [0.05, 0.1) is 11.1 Å². The molecule has 29 heavy (non-hydrogen) atoms. The van der Waals surface area contributed by atoms with Crippen LogP contribution in [0.1, 0.15) is 25.0 Å². The quantitative estimate of drug-likeness (QED) is 0.331. The van der Waals surface area contributed by atoms with Gasteiger partial charge in [-0.15, -0.1) is 0 Å². The van der Waals surface area contributed by atoms with Crippen LogP contribution in [-0.2, 0) is 21.3 Å². The first kappa shape index (κ1) is 20.4. The number of alkyl halides is 3. The maximum atomic E-state index is 13.3. The minimum Gasteiger partial charge on any atom is -0.452 e. The van der Waals surface area contributed by atoms with Crippen molar-refractivity contribution in [2.75, 3.05) is 0 Å². The van der Waals surface area contributed by atoms with E-state index in [4.69, 9.17) is 9.15 Å². The molecule has 0 aliphatic rings. The van der Waals surface area contributed by atoms with Gasteiger partial charge >= 0.3 is 17.8 Å². The number of carbonyl (C=O) groups is 1. The van der Waals surface area contributed by atoms with Crippen molar-refractivity contribution in [3.05, 3.63) is 82.7 Å². The third kappa shape index (κ3) is 4.08. The van der Waals surface area contributed by atoms with E-state index in [0.717, 1.165) is 12.1 Å². The standard InChI is InChI=1S/C22H17F3O4/c1-4-19(26)29-21(2,3)14-10-9-13-11-16(20(27)28-18(13)12-14)15-7-5-6-8-17(15)22(23,24)25/h4-12H,1H2,2-3H3. The molecule has 0 aliphatic heterocycles. The van der Waals surface area contributed by atoms with Crippen molar-refractivity contribution in [3.8, 4) is 11.1 Å². The summed E-state index contributed by atoms with van der Waals surface area (Å²) in [5.41, 5.74) is -2.56. The van der Waals surface area contributed by atoms with Gasteiger partial charge in [0.1, 0.15) is 11.2 Å². The molecule has 0 N–H and O–H groups in total. The summed E-state index contributed by atoms with van der Waals surface area (Å²) in [6.07, 6.45) is -3.58. The average Bonchev–Trinajstić information content (AvgIpc) is 2.66. The van der Waals surface area contributed by atoms with Gasteiger partial charge in [-0.2, -0.15) is 13.2 Å². The summed E-state index contributed by atoms with van der Waals surface area (Å²) in [5, 5.41) is 0.436. The first-order chi connectivity index (χ1) is 13.5. The molecule has 0 atom stereocenters. The number of fused-ring (bicyclic) bond motifs is 1. The Kier molecular flexibility index (Phi) is 5.09. The lowest BCUT2D eigenvalue weighted by molar-refractivity contribution is -0.151. The van der Waals surface area contributed by atoms with Crippen molar-refractivity contribution in [2.24, 2.45) is 0 Å². The molecule has 3 aromatic rings. The van der Waals surface area contributed by atoms with Crippen LogP contribution in [0.2, 0.25) is 0 Å². The molecule has 1 aromatic heterocycles. The highest BCUT2D eigenvalue weighted by Gasteiger charge is 2.34. The van der Waals surface area contributed by atoms with Gasteiger partial charge in [0, 0.05) is 17.0 Å². The van der Waals surface area contributed by atoms with Crippen LogP contribution in [0.3, 0.4) is 0 Å². The second-order valence-electron chi connectivity index (χ2n) is 6.88. The second-order valence-corrected chi connectivity index (χ2v) is 6.88. The maximum Gasteiger partial charge on any atom is 0.417 e. The SMILES string of the molecule is C=CC(=O)OC(C)(C)c1ccc2cc(-c3ccccc3C(F)(F)F)c(=O)oc2c1. The molecular weight excluding hydrogens is 385 g/mol. The smallest absolute Gasteiger partial charge is 0.417 e. The third-order valence-electron chi connectivity index (χ3n) is 4.48. The molecule has 0 radical (unpaired) electrons. The molecule has 3 rings (SSSR count). The maximum absolute atomic E-state index is 13.3. The summed E-state index contributed by atoms with van der Waals surface area (Å²) >= 11 is 0. The molecule has 0 aliphatic carbocycles. The van der Waals surface area contributed by atoms with Gasteiger partial charge in [-0.3, -0.25) is 0 Å². The molecule has 7 heteroatoms. The first-order valence-electron chi connectivity index (χ1n) is 8.63. The van der Waals surface area contributed by atoms with E-state index < -0.39 is 28.9 Å². The van der Waals surface area contributed by atoms with E-state index >= 15 is 0 Å². The van der Waals surface area contributed by atoms with Gasteiger partial charge in [0.25, 0.3) is 0 Å². The Bertz CT molecular complexity index is 1160. The fourth-order valence-electron chi connectivity index (χ4n) is 2.99. The Morgan fingerprint density at radius 3 is 2.41 bits per heavy atom. The predicted molar refractivity (Wildman–Crippen MR) is 102 cm³/mol. The number of esters is 1. The van der Waals surface area contributed by atoms with Gasteiger partial charge in [0.15, 0.2) is 0 Å². The van der Waals surface area contributed by atoms with Gasteiger partial charge in [-0.05, 0) is 37.6 Å². The number of halogens is 3. The third-order valence-corrected chi connectivity index (χ3v) is 4.48. The molecule has 0 bridgehead atoms. The summed E-state index contributed by atoms with van der Waals surface area (Å²) in [5.74, 6) is -0.615. The van der Waals surface area contributed by atoms with Crippen LogP contribution in [-0.4, -0.2) is 5.97 Å². The molecular formula is C22H17F3O4. The highest BCUT2D eigenvalue weighted by molar-refractivity contribution is 5.84. The summed E-state index contributed by atoms with van der Waals surface area (Å²) in [6.45, 7) is 6.66. The van der Waals surface area contributed by atoms with E-state index in [9.17, 15) is 22.8 Å². The van der Waals surface area contributed by atoms with Crippen LogP contribution >= 0.6 is 0 Å². The predicted octanol–water partition coefficient (Wildman–Crippen LogP) is 5.44. The van der Waals surface area contributed by atoms with E-state index in [1.54, 1.807) is 26.0 Å². The van der Waals surface area contributed by atoms with Crippen LogP contribution < -0.4 is 5.63 Å². The molecule has 0 saturated heterocycles. The number of carbonyl (C=O) groups excluding carboxylic acids is 1. The molecule has 0 spiro atoms. The highest BCUT2D eigenvalue weighted by Crippen LogP contribution is 2.37. The fraction of sp³-hybridized carbons (Fsp3) is 0.182. The number of rotatable bonds is 4. The van der Waals surface area contributed by atoms with E-state index in [-0.39, 0.29) is 16.7 Å². The average molecular weight is 402 g/mol. The van der Waals surface area contributed by atoms with Crippen molar-refractivity contribution in [3.63, 3.8) is 0 Å². The Morgan fingerprint density at radius 2 is 1.76 bits per heavy atom. The van der Waals surface area contributed by atoms with Crippen LogP contribution in [0.25, 0.3) is 22.1 Å². The number of hydrogen-bond donors (Lipinski definition) is 0. The van der Waals surface area contributed by atoms with E-state index in [0.29, 0.717) is 10.9 Å². The van der Waals surface area contributed by atoms with Crippen LogP contribution in [0, 0.1) is 0 Å². The first-order valence-corrected chi connectivity index (χ1v) is 8.63. The fourth-order valence-corrected chi connectivity index (χ4v) is 2.99. The molecule has 2 aromatic carbocycles. The van der Waals surface area contributed by atoms with Gasteiger partial charge in [-0.25, -0.2) is 9.59 Å². The van der Waals surface area contributed by atoms with E-state index in [1.807, 2.05) is 0 Å². The number of ether oxygens (including phenoxy) is 1. The highest BCUT2D eigenvalue weighted by atomic mass is 19.4. The van der Waals surface area contributed by atoms with E-state index in [1.165, 1.54) is 30.3 Å². The Morgan fingerprint density at radius 1 is 1.07 bits per heavy atom. The zero-order valence-electron chi connectivity index (χ0n) is 15.7. The summed E-state index contributed by atoms with van der Waals surface area (Å²) < 4.78 is 50.5. The van der Waals surface area contributed by atoms with Crippen molar-refractivity contribution in [1.82, 2.24) is 0 Å². The molecule has 4 nitrogen and oxygen atoms in total. The Hall–Kier alpha value is -3.35. The second kappa shape index (κ2) is 7.24. The lowest BCUT2D eigenvalue weighted by atomic mass is 9.95. The zero-order chi connectivity index (χ0) is 21.4. The summed E-state index contributed by atoms with van der Waals surface area (Å²) in [7, 11) is 0. The Labute approximate surface area is 164 Å². The van der Waals surface area contributed by atoms with Crippen molar-refractivity contribution in [1.29, 1.82) is 0 Å². The van der Waals surface area contributed by atoms with Gasteiger partial charge in [0.2, 0.25) is 0 Å². The molecule has 1 heterocycles. The number of hydrogen-bond acceptors (Lipinski definition) is 4. The van der Waals surface area contributed by atoms with Crippen molar-refractivity contribution < 1.29 is 27.1 Å². The molecule has 0 unspecified atom stereocenters. The van der Waals surface area contributed by atoms with Crippen LogP contribution in [0.15, 0.2) is 70.4 Å². The molecule has 0 saturated carbocycles. The van der Waals surface area contributed by atoms with Gasteiger partial charge in [-0.1, -0.05) is 36.9 Å². The van der Waals surface area contributed by atoms with Gasteiger partial charge < -0.3 is 9.15 Å². The topological polar surface area (TPSA) is 56.5 Å². The normalized spacial score (nSPS) is 12.0. The molecule has 150 valence electrons. The summed E-state index contributed by atoms with van der Waals surface area (Å²) in [6, 6.07) is 11.0. The largest absolute Gasteiger partial charge is 0.452 e. The molecule has 0 fully saturated rings. The van der Waals surface area contributed by atoms with Crippen molar-refractivity contribution in [2.45, 2.75) is 25.6 Å². The van der Waals surface area contributed by atoms with Crippen LogP contribution in [0.5, 0.6) is 0 Å².